The van der Waals surface area contributed by atoms with Gasteiger partial charge in [0.05, 0.1) is 0 Å². The molecule has 2 nitrogen and oxygen atoms in total. The average molecular weight is 322 g/mol. The second kappa shape index (κ2) is 5.98. The van der Waals surface area contributed by atoms with Crippen LogP contribution < -0.4 is 5.32 Å². The first-order valence-electron chi connectivity index (χ1n) is 7.08. The van der Waals surface area contributed by atoms with Crippen molar-refractivity contribution in [3.63, 3.8) is 0 Å². The molecule has 0 saturated carbocycles. The zero-order valence-corrected chi connectivity index (χ0v) is 13.0. The van der Waals surface area contributed by atoms with Gasteiger partial charge in [-0.05, 0) is 54.8 Å². The third-order valence-corrected chi connectivity index (χ3v) is 4.64. The highest BCUT2D eigenvalue weighted by atomic mass is 35.5. The molecule has 0 aliphatic carbocycles. The Labute approximate surface area is 134 Å². The summed E-state index contributed by atoms with van der Waals surface area (Å²) >= 11 is 11.9. The highest BCUT2D eigenvalue weighted by molar-refractivity contribution is 6.30. The molecule has 0 spiro atoms. The molecule has 21 heavy (non-hydrogen) atoms. The van der Waals surface area contributed by atoms with E-state index < -0.39 is 5.60 Å². The fraction of sp³-hybridized carbons (Fsp3) is 0.294. The van der Waals surface area contributed by atoms with E-state index in [1.165, 1.54) is 0 Å². The molecule has 0 radical (unpaired) electrons. The smallest absolute Gasteiger partial charge is 0.130 e. The van der Waals surface area contributed by atoms with Crippen LogP contribution in [0.1, 0.15) is 24.0 Å². The Morgan fingerprint density at radius 2 is 1.38 bits per heavy atom. The van der Waals surface area contributed by atoms with Gasteiger partial charge in [-0.25, -0.2) is 0 Å². The molecule has 110 valence electrons. The minimum Gasteiger partial charge on any atom is -0.379 e. The Balaban J connectivity index is 2.09. The van der Waals surface area contributed by atoms with E-state index in [0.717, 1.165) is 30.5 Å². The van der Waals surface area contributed by atoms with Crippen molar-refractivity contribution in [2.75, 3.05) is 6.54 Å². The second-order valence-electron chi connectivity index (χ2n) is 5.43. The average Bonchev–Trinajstić information content (AvgIpc) is 3.02. The monoisotopic (exact) mass is 321 g/mol. The van der Waals surface area contributed by atoms with Crippen molar-refractivity contribution in [1.82, 2.24) is 5.32 Å². The van der Waals surface area contributed by atoms with E-state index in [1.807, 2.05) is 48.5 Å². The number of hydrogen-bond acceptors (Lipinski definition) is 2. The topological polar surface area (TPSA) is 32.3 Å². The Bertz CT molecular complexity index is 558. The molecule has 1 aliphatic rings. The lowest BCUT2D eigenvalue weighted by atomic mass is 9.79. The van der Waals surface area contributed by atoms with Crippen LogP contribution in [-0.4, -0.2) is 17.7 Å². The summed E-state index contributed by atoms with van der Waals surface area (Å²) in [5.74, 6) is 0. The van der Waals surface area contributed by atoms with Crippen LogP contribution in [0.3, 0.4) is 0 Å². The number of benzene rings is 2. The van der Waals surface area contributed by atoms with E-state index in [1.54, 1.807) is 0 Å². The number of halogens is 2. The van der Waals surface area contributed by atoms with E-state index in [9.17, 15) is 5.11 Å². The van der Waals surface area contributed by atoms with Gasteiger partial charge in [0.2, 0.25) is 0 Å². The van der Waals surface area contributed by atoms with Crippen LogP contribution in [-0.2, 0) is 5.60 Å². The van der Waals surface area contributed by atoms with Gasteiger partial charge in [0, 0.05) is 16.1 Å². The van der Waals surface area contributed by atoms with E-state index in [0.29, 0.717) is 10.0 Å². The Morgan fingerprint density at radius 3 is 1.76 bits per heavy atom. The van der Waals surface area contributed by atoms with E-state index in [4.69, 9.17) is 23.2 Å². The predicted octanol–water partition coefficient (Wildman–Crippen LogP) is 3.98. The second-order valence-corrected chi connectivity index (χ2v) is 6.30. The standard InChI is InChI=1S/C17H17Cl2NO/c18-14-7-3-12(4-8-14)17(21,16-2-1-11-20-16)13-5-9-15(19)10-6-13/h3-10,16,20-21H,1-2,11H2. The molecule has 1 unspecified atom stereocenters. The molecule has 3 rings (SSSR count). The molecule has 0 aromatic heterocycles. The van der Waals surface area contributed by atoms with Crippen LogP contribution in [0.15, 0.2) is 48.5 Å². The Hall–Kier alpha value is -1.06. The SMILES string of the molecule is OC(c1ccc(Cl)cc1)(c1ccc(Cl)cc1)C1CCCN1. The Morgan fingerprint density at radius 1 is 0.905 bits per heavy atom. The van der Waals surface area contributed by atoms with Gasteiger partial charge in [0.25, 0.3) is 0 Å². The molecule has 0 amide bonds. The zero-order valence-electron chi connectivity index (χ0n) is 11.5. The summed E-state index contributed by atoms with van der Waals surface area (Å²) < 4.78 is 0. The van der Waals surface area contributed by atoms with Crippen LogP contribution >= 0.6 is 23.2 Å². The van der Waals surface area contributed by atoms with Gasteiger partial charge in [0.1, 0.15) is 5.60 Å². The number of rotatable bonds is 3. The van der Waals surface area contributed by atoms with Gasteiger partial charge in [-0.15, -0.1) is 0 Å². The summed E-state index contributed by atoms with van der Waals surface area (Å²) in [5, 5.41) is 16.2. The summed E-state index contributed by atoms with van der Waals surface area (Å²) in [6, 6.07) is 14.8. The minimum atomic E-state index is -1.08. The molecule has 1 fully saturated rings. The lowest BCUT2D eigenvalue weighted by Gasteiger charge is -2.35. The third kappa shape index (κ3) is 2.82. The molecular weight excluding hydrogens is 305 g/mol. The van der Waals surface area contributed by atoms with Gasteiger partial charge in [-0.3, -0.25) is 0 Å². The van der Waals surface area contributed by atoms with Crippen molar-refractivity contribution in [3.05, 3.63) is 69.7 Å². The maximum absolute atomic E-state index is 11.5. The lowest BCUT2D eigenvalue weighted by Crippen LogP contribution is -2.46. The van der Waals surface area contributed by atoms with Crippen LogP contribution in [0, 0.1) is 0 Å². The minimum absolute atomic E-state index is 0.0140. The van der Waals surface area contributed by atoms with Crippen molar-refractivity contribution >= 4 is 23.2 Å². The first kappa shape index (κ1) is 14.9. The maximum atomic E-state index is 11.5. The van der Waals surface area contributed by atoms with Crippen molar-refractivity contribution in [1.29, 1.82) is 0 Å². The van der Waals surface area contributed by atoms with Gasteiger partial charge >= 0.3 is 0 Å². The van der Waals surface area contributed by atoms with Gasteiger partial charge in [0.15, 0.2) is 0 Å². The maximum Gasteiger partial charge on any atom is 0.130 e. The van der Waals surface area contributed by atoms with Crippen LogP contribution in [0.5, 0.6) is 0 Å². The van der Waals surface area contributed by atoms with E-state index >= 15 is 0 Å². The zero-order chi connectivity index (χ0) is 14.9. The number of hydrogen-bond donors (Lipinski definition) is 2. The molecule has 4 heteroatoms. The fourth-order valence-electron chi connectivity index (χ4n) is 3.02. The van der Waals surface area contributed by atoms with Crippen LogP contribution in [0.2, 0.25) is 10.0 Å². The third-order valence-electron chi connectivity index (χ3n) is 4.13. The highest BCUT2D eigenvalue weighted by Gasteiger charge is 2.41. The number of aliphatic hydroxyl groups is 1. The number of nitrogens with one attached hydrogen (secondary N) is 1. The normalized spacial score (nSPS) is 18.9. The lowest BCUT2D eigenvalue weighted by molar-refractivity contribution is 0.0442. The molecule has 2 N–H and O–H groups in total. The van der Waals surface area contributed by atoms with Gasteiger partial charge in [-0.1, -0.05) is 47.5 Å². The van der Waals surface area contributed by atoms with Crippen molar-refractivity contribution in [2.45, 2.75) is 24.5 Å². The van der Waals surface area contributed by atoms with Crippen molar-refractivity contribution in [3.8, 4) is 0 Å². The van der Waals surface area contributed by atoms with Crippen molar-refractivity contribution < 1.29 is 5.11 Å². The fourth-order valence-corrected chi connectivity index (χ4v) is 3.27. The summed E-state index contributed by atoms with van der Waals surface area (Å²) in [7, 11) is 0. The highest BCUT2D eigenvalue weighted by Crippen LogP contribution is 2.37. The molecule has 1 saturated heterocycles. The molecule has 1 heterocycles. The van der Waals surface area contributed by atoms with E-state index in [-0.39, 0.29) is 6.04 Å². The molecule has 1 aliphatic heterocycles. The van der Waals surface area contributed by atoms with Crippen LogP contribution in [0.4, 0.5) is 0 Å². The first-order valence-corrected chi connectivity index (χ1v) is 7.84. The summed E-state index contributed by atoms with van der Waals surface area (Å²) in [4.78, 5) is 0. The Kier molecular flexibility index (Phi) is 4.23. The summed E-state index contributed by atoms with van der Waals surface area (Å²) in [6.07, 6.45) is 2.00. The quantitative estimate of drug-likeness (QED) is 0.896. The van der Waals surface area contributed by atoms with Gasteiger partial charge < -0.3 is 10.4 Å². The largest absolute Gasteiger partial charge is 0.379 e. The molecule has 1 atom stereocenters. The summed E-state index contributed by atoms with van der Waals surface area (Å²) in [6.45, 7) is 0.925. The van der Waals surface area contributed by atoms with Gasteiger partial charge in [-0.2, -0.15) is 0 Å². The first-order chi connectivity index (χ1) is 10.1. The predicted molar refractivity (Wildman–Crippen MR) is 86.9 cm³/mol. The van der Waals surface area contributed by atoms with E-state index in [2.05, 4.69) is 5.32 Å². The molecule has 2 aromatic rings. The molecule has 0 bridgehead atoms. The summed E-state index contributed by atoms with van der Waals surface area (Å²) in [5.41, 5.74) is 0.605. The van der Waals surface area contributed by atoms with Crippen LogP contribution in [0.25, 0.3) is 0 Å². The van der Waals surface area contributed by atoms with Crippen molar-refractivity contribution in [2.24, 2.45) is 0 Å². The molecule has 2 aromatic carbocycles. The molecular formula is C17H17Cl2NO.